The van der Waals surface area contributed by atoms with Crippen LogP contribution in [0.25, 0.3) is 0 Å². The Morgan fingerprint density at radius 1 is 1.12 bits per heavy atom. The highest BCUT2D eigenvalue weighted by Crippen LogP contribution is 2.13. The monoisotopic (exact) mass is 347 g/mol. The van der Waals surface area contributed by atoms with Crippen molar-refractivity contribution in [1.29, 1.82) is 0 Å². The zero-order valence-electron chi connectivity index (χ0n) is 14.5. The molecule has 0 aliphatic carbocycles. The fraction of sp³-hybridized carbons (Fsp3) is 0.316. The van der Waals surface area contributed by atoms with E-state index in [-0.39, 0.29) is 0 Å². The minimum absolute atomic E-state index is 0.344. The van der Waals surface area contributed by atoms with E-state index in [1.165, 1.54) is 6.07 Å². The number of rotatable bonds is 7. The molecule has 0 heterocycles. The molecule has 0 saturated carbocycles. The minimum atomic E-state index is -0.823. The molecule has 134 valence electrons. The smallest absolute Gasteiger partial charge is 0.191 e. The molecule has 2 rings (SSSR count). The SMILES string of the molecule is CCNC(=NCc1cccc(OC)c1)NCCc1cccc(F)c1F. The van der Waals surface area contributed by atoms with Gasteiger partial charge in [-0.05, 0) is 42.7 Å². The zero-order chi connectivity index (χ0) is 18.1. The van der Waals surface area contributed by atoms with Crippen molar-refractivity contribution in [2.45, 2.75) is 19.9 Å². The highest BCUT2D eigenvalue weighted by atomic mass is 19.2. The van der Waals surface area contributed by atoms with Crippen molar-refractivity contribution >= 4 is 5.96 Å². The molecule has 0 bridgehead atoms. The average Bonchev–Trinajstić information content (AvgIpc) is 2.63. The van der Waals surface area contributed by atoms with Crippen molar-refractivity contribution in [3.8, 4) is 5.75 Å². The summed E-state index contributed by atoms with van der Waals surface area (Å²) in [4.78, 5) is 4.50. The minimum Gasteiger partial charge on any atom is -0.497 e. The summed E-state index contributed by atoms with van der Waals surface area (Å²) in [5, 5.41) is 6.27. The van der Waals surface area contributed by atoms with Crippen LogP contribution in [0.4, 0.5) is 8.78 Å². The molecule has 25 heavy (non-hydrogen) atoms. The van der Waals surface area contributed by atoms with Gasteiger partial charge in [-0.2, -0.15) is 0 Å². The molecule has 2 N–H and O–H groups in total. The van der Waals surface area contributed by atoms with Crippen LogP contribution < -0.4 is 15.4 Å². The van der Waals surface area contributed by atoms with Gasteiger partial charge in [0.25, 0.3) is 0 Å². The van der Waals surface area contributed by atoms with Gasteiger partial charge in [-0.25, -0.2) is 13.8 Å². The molecule has 2 aromatic carbocycles. The van der Waals surface area contributed by atoms with E-state index >= 15 is 0 Å². The Balaban J connectivity index is 1.94. The van der Waals surface area contributed by atoms with Crippen LogP contribution in [0.5, 0.6) is 5.75 Å². The standard InChI is InChI=1S/C19H23F2N3O/c1-3-22-19(24-13-14-6-4-8-16(12-14)25-2)23-11-10-15-7-5-9-17(20)18(15)21/h4-9,12H,3,10-11,13H2,1-2H3,(H2,22,23,24). The van der Waals surface area contributed by atoms with Gasteiger partial charge in [0.05, 0.1) is 13.7 Å². The largest absolute Gasteiger partial charge is 0.497 e. The number of guanidine groups is 1. The first kappa shape index (κ1) is 18.7. The van der Waals surface area contributed by atoms with E-state index in [9.17, 15) is 8.78 Å². The highest BCUT2D eigenvalue weighted by molar-refractivity contribution is 5.79. The van der Waals surface area contributed by atoms with Gasteiger partial charge in [-0.15, -0.1) is 0 Å². The van der Waals surface area contributed by atoms with Crippen molar-refractivity contribution in [2.24, 2.45) is 4.99 Å². The Labute approximate surface area is 146 Å². The predicted octanol–water partition coefficient (Wildman–Crippen LogP) is 3.27. The number of methoxy groups -OCH3 is 1. The maximum atomic E-state index is 13.7. The second-order valence-electron chi connectivity index (χ2n) is 5.44. The molecule has 4 nitrogen and oxygen atoms in total. The van der Waals surface area contributed by atoms with Gasteiger partial charge in [-0.1, -0.05) is 24.3 Å². The van der Waals surface area contributed by atoms with Gasteiger partial charge in [0.1, 0.15) is 5.75 Å². The lowest BCUT2D eigenvalue weighted by Gasteiger charge is -2.12. The molecule has 0 radical (unpaired) electrons. The van der Waals surface area contributed by atoms with Gasteiger partial charge < -0.3 is 15.4 Å². The van der Waals surface area contributed by atoms with Crippen LogP contribution in [0.3, 0.4) is 0 Å². The number of halogens is 2. The third-order valence-corrected chi connectivity index (χ3v) is 3.62. The van der Waals surface area contributed by atoms with Crippen LogP contribution in [0, 0.1) is 11.6 Å². The Kier molecular flexibility index (Phi) is 7.19. The topological polar surface area (TPSA) is 45.7 Å². The highest BCUT2D eigenvalue weighted by Gasteiger charge is 2.07. The summed E-state index contributed by atoms with van der Waals surface area (Å²) in [7, 11) is 1.62. The summed E-state index contributed by atoms with van der Waals surface area (Å²) in [6, 6.07) is 11.9. The molecule has 6 heteroatoms. The molecular formula is C19H23F2N3O. The van der Waals surface area contributed by atoms with E-state index in [4.69, 9.17) is 4.74 Å². The molecule has 0 spiro atoms. The summed E-state index contributed by atoms with van der Waals surface area (Å²) in [6.45, 7) is 3.61. The Morgan fingerprint density at radius 2 is 1.92 bits per heavy atom. The molecule has 2 aromatic rings. The fourth-order valence-corrected chi connectivity index (χ4v) is 2.34. The maximum absolute atomic E-state index is 13.7. The van der Waals surface area contributed by atoms with Crippen molar-refractivity contribution in [2.75, 3.05) is 20.2 Å². The average molecular weight is 347 g/mol. The van der Waals surface area contributed by atoms with E-state index in [0.717, 1.165) is 17.4 Å². The number of aliphatic imine (C=N–C) groups is 1. The van der Waals surface area contributed by atoms with Crippen molar-refractivity contribution in [3.63, 3.8) is 0 Å². The van der Waals surface area contributed by atoms with Gasteiger partial charge in [-0.3, -0.25) is 0 Å². The molecule has 0 amide bonds. The predicted molar refractivity (Wildman–Crippen MR) is 95.9 cm³/mol. The third-order valence-electron chi connectivity index (χ3n) is 3.62. The lowest BCUT2D eigenvalue weighted by atomic mass is 10.1. The van der Waals surface area contributed by atoms with Gasteiger partial charge in [0.15, 0.2) is 17.6 Å². The Bertz CT molecular complexity index is 720. The Hall–Kier alpha value is -2.63. The number of ether oxygens (including phenoxy) is 1. The first-order valence-corrected chi connectivity index (χ1v) is 8.22. The molecule has 0 aliphatic heterocycles. The summed E-state index contributed by atoms with van der Waals surface area (Å²) >= 11 is 0. The fourth-order valence-electron chi connectivity index (χ4n) is 2.34. The van der Waals surface area contributed by atoms with Crippen LogP contribution in [0.2, 0.25) is 0 Å². The molecule has 0 aliphatic rings. The van der Waals surface area contributed by atoms with Crippen LogP contribution >= 0.6 is 0 Å². The quantitative estimate of drug-likeness (QED) is 0.597. The number of hydrogen-bond donors (Lipinski definition) is 2. The number of nitrogens with one attached hydrogen (secondary N) is 2. The van der Waals surface area contributed by atoms with E-state index in [1.54, 1.807) is 13.2 Å². The normalized spacial score (nSPS) is 11.3. The van der Waals surface area contributed by atoms with Crippen LogP contribution in [0.15, 0.2) is 47.5 Å². The molecule has 0 fully saturated rings. The van der Waals surface area contributed by atoms with Crippen molar-refractivity contribution in [1.82, 2.24) is 10.6 Å². The summed E-state index contributed by atoms with van der Waals surface area (Å²) in [6.07, 6.45) is 0.368. The van der Waals surface area contributed by atoms with Gasteiger partial charge >= 0.3 is 0 Å². The molecule has 0 atom stereocenters. The molecular weight excluding hydrogens is 324 g/mol. The number of nitrogens with zero attached hydrogens (tertiary/aromatic N) is 1. The van der Waals surface area contributed by atoms with Crippen LogP contribution in [-0.4, -0.2) is 26.2 Å². The number of hydrogen-bond acceptors (Lipinski definition) is 2. The summed E-state index contributed by atoms with van der Waals surface area (Å²) in [5.41, 5.74) is 1.36. The van der Waals surface area contributed by atoms with Gasteiger partial charge in [0, 0.05) is 13.1 Å². The lowest BCUT2D eigenvalue weighted by Crippen LogP contribution is -2.38. The van der Waals surface area contributed by atoms with Crippen molar-refractivity contribution < 1.29 is 13.5 Å². The van der Waals surface area contributed by atoms with Gasteiger partial charge in [0.2, 0.25) is 0 Å². The van der Waals surface area contributed by atoms with Crippen LogP contribution in [-0.2, 0) is 13.0 Å². The summed E-state index contributed by atoms with van der Waals surface area (Å²) < 4.78 is 32.1. The number of benzene rings is 2. The first-order chi connectivity index (χ1) is 12.1. The zero-order valence-corrected chi connectivity index (χ0v) is 14.5. The van der Waals surface area contributed by atoms with E-state index in [0.29, 0.717) is 37.6 Å². The summed E-state index contributed by atoms with van der Waals surface area (Å²) in [5.74, 6) is -0.201. The molecule has 0 aromatic heterocycles. The van der Waals surface area contributed by atoms with E-state index < -0.39 is 11.6 Å². The first-order valence-electron chi connectivity index (χ1n) is 8.22. The van der Waals surface area contributed by atoms with E-state index in [1.807, 2.05) is 31.2 Å². The Morgan fingerprint density at radius 3 is 2.68 bits per heavy atom. The van der Waals surface area contributed by atoms with Crippen LogP contribution in [0.1, 0.15) is 18.1 Å². The second-order valence-corrected chi connectivity index (χ2v) is 5.44. The third kappa shape index (κ3) is 5.74. The lowest BCUT2D eigenvalue weighted by molar-refractivity contribution is 0.414. The second kappa shape index (κ2) is 9.61. The molecule has 0 saturated heterocycles. The molecule has 0 unspecified atom stereocenters. The maximum Gasteiger partial charge on any atom is 0.191 e. The van der Waals surface area contributed by atoms with E-state index in [2.05, 4.69) is 15.6 Å². The van der Waals surface area contributed by atoms with Crippen molar-refractivity contribution in [3.05, 3.63) is 65.2 Å².